The Balaban J connectivity index is 1.95. The van der Waals surface area contributed by atoms with Gasteiger partial charge in [0, 0.05) is 5.56 Å². The van der Waals surface area contributed by atoms with E-state index in [-0.39, 0.29) is 12.0 Å². The Morgan fingerprint density at radius 1 is 1.56 bits per heavy atom. The maximum Gasteiger partial charge on any atom is 0.265 e. The number of hydrazine groups is 1. The molecule has 1 amide bonds. The van der Waals surface area contributed by atoms with Crippen LogP contribution in [-0.2, 0) is 16.1 Å². The van der Waals surface area contributed by atoms with Gasteiger partial charge in [0.05, 0.1) is 19.8 Å². The molecule has 3 N–H and O–H groups in total. The lowest BCUT2D eigenvalue weighted by molar-refractivity contribution is -0.135. The zero-order valence-corrected chi connectivity index (χ0v) is 8.81. The third-order valence-corrected chi connectivity index (χ3v) is 2.41. The fourth-order valence-corrected chi connectivity index (χ4v) is 1.41. The van der Waals surface area contributed by atoms with Gasteiger partial charge >= 0.3 is 0 Å². The molecular formula is C11H14N2O3. The number of carbonyl (C=O) groups excluding carboxylic acids is 1. The van der Waals surface area contributed by atoms with Gasteiger partial charge in [-0.15, -0.1) is 0 Å². The minimum absolute atomic E-state index is 0.187. The second-order valence-electron chi connectivity index (χ2n) is 3.64. The molecule has 1 aliphatic rings. The molecule has 1 aliphatic heterocycles. The second kappa shape index (κ2) is 5.07. The first-order valence-electron chi connectivity index (χ1n) is 5.09. The monoisotopic (exact) mass is 222 g/mol. The van der Waals surface area contributed by atoms with E-state index >= 15 is 0 Å². The predicted molar refractivity (Wildman–Crippen MR) is 57.5 cm³/mol. The fraction of sp³-hybridized carbons (Fsp3) is 0.364. The first-order valence-corrected chi connectivity index (χ1v) is 5.09. The first kappa shape index (κ1) is 11.1. The van der Waals surface area contributed by atoms with Crippen LogP contribution in [0.4, 0.5) is 0 Å². The van der Waals surface area contributed by atoms with Crippen molar-refractivity contribution in [2.45, 2.75) is 12.7 Å². The average Bonchev–Trinajstić information content (AvgIpc) is 2.26. The summed E-state index contributed by atoms with van der Waals surface area (Å²) in [5.41, 5.74) is 3.58. The summed E-state index contributed by atoms with van der Waals surface area (Å²) in [5.74, 6) is 4.76. The predicted octanol–water partition coefficient (Wildman–Crippen LogP) is 0.205. The topological polar surface area (TPSA) is 73.6 Å². The molecule has 0 bridgehead atoms. The standard InChI is InChI=1S/C11H14N2O3/c12-13-11(14)9-3-1-2-8(4-9)5-16-10-6-15-7-10/h1-4,10H,5-7,12H2,(H,13,14). The molecule has 0 aromatic heterocycles. The minimum Gasteiger partial charge on any atom is -0.376 e. The molecule has 0 atom stereocenters. The van der Waals surface area contributed by atoms with E-state index in [0.717, 1.165) is 5.56 Å². The summed E-state index contributed by atoms with van der Waals surface area (Å²) in [5, 5.41) is 0. The van der Waals surface area contributed by atoms with Crippen molar-refractivity contribution in [3.05, 3.63) is 35.4 Å². The highest BCUT2D eigenvalue weighted by Crippen LogP contribution is 2.11. The highest BCUT2D eigenvalue weighted by atomic mass is 16.6. The third-order valence-electron chi connectivity index (χ3n) is 2.41. The number of hydrogen-bond donors (Lipinski definition) is 2. The molecule has 0 aliphatic carbocycles. The number of nitrogens with one attached hydrogen (secondary N) is 1. The van der Waals surface area contributed by atoms with E-state index in [4.69, 9.17) is 15.3 Å². The second-order valence-corrected chi connectivity index (χ2v) is 3.64. The van der Waals surface area contributed by atoms with Gasteiger partial charge in [-0.2, -0.15) is 0 Å². The van der Waals surface area contributed by atoms with Crippen LogP contribution in [0, 0.1) is 0 Å². The molecule has 1 saturated heterocycles. The van der Waals surface area contributed by atoms with Crippen molar-refractivity contribution in [2.24, 2.45) is 5.84 Å². The van der Waals surface area contributed by atoms with Crippen molar-refractivity contribution < 1.29 is 14.3 Å². The van der Waals surface area contributed by atoms with E-state index in [1.165, 1.54) is 0 Å². The van der Waals surface area contributed by atoms with Gasteiger partial charge in [0.25, 0.3) is 5.91 Å². The largest absolute Gasteiger partial charge is 0.376 e. The average molecular weight is 222 g/mol. The Morgan fingerprint density at radius 3 is 3.00 bits per heavy atom. The Bertz CT molecular complexity index is 377. The van der Waals surface area contributed by atoms with Crippen LogP contribution in [0.15, 0.2) is 24.3 Å². The SMILES string of the molecule is NNC(=O)c1cccc(COC2COC2)c1. The minimum atomic E-state index is -0.297. The molecular weight excluding hydrogens is 208 g/mol. The van der Waals surface area contributed by atoms with Gasteiger partial charge < -0.3 is 9.47 Å². The Hall–Kier alpha value is -1.43. The van der Waals surface area contributed by atoms with Crippen LogP contribution in [0.3, 0.4) is 0 Å². The van der Waals surface area contributed by atoms with Crippen LogP contribution in [0.5, 0.6) is 0 Å². The quantitative estimate of drug-likeness (QED) is 0.434. The van der Waals surface area contributed by atoms with Gasteiger partial charge in [0.1, 0.15) is 6.10 Å². The van der Waals surface area contributed by atoms with Gasteiger partial charge in [0.2, 0.25) is 0 Å². The summed E-state index contributed by atoms with van der Waals surface area (Å²) in [7, 11) is 0. The lowest BCUT2D eigenvalue weighted by Gasteiger charge is -2.26. The molecule has 0 unspecified atom stereocenters. The molecule has 5 heteroatoms. The maximum atomic E-state index is 11.3. The van der Waals surface area contributed by atoms with Gasteiger partial charge in [-0.3, -0.25) is 10.2 Å². The fourth-order valence-electron chi connectivity index (χ4n) is 1.41. The molecule has 1 aromatic carbocycles. The van der Waals surface area contributed by atoms with E-state index < -0.39 is 0 Å². The van der Waals surface area contributed by atoms with Crippen molar-refractivity contribution in [3.8, 4) is 0 Å². The van der Waals surface area contributed by atoms with Crippen molar-refractivity contribution >= 4 is 5.91 Å². The van der Waals surface area contributed by atoms with Crippen molar-refractivity contribution in [1.82, 2.24) is 5.43 Å². The maximum absolute atomic E-state index is 11.3. The third kappa shape index (κ3) is 2.57. The summed E-state index contributed by atoms with van der Waals surface area (Å²) >= 11 is 0. The van der Waals surface area contributed by atoms with E-state index in [1.807, 2.05) is 6.07 Å². The number of carbonyl (C=O) groups is 1. The van der Waals surface area contributed by atoms with Crippen molar-refractivity contribution in [1.29, 1.82) is 0 Å². The molecule has 1 fully saturated rings. The molecule has 0 saturated carbocycles. The molecule has 0 radical (unpaired) electrons. The van der Waals surface area contributed by atoms with E-state index in [1.54, 1.807) is 18.2 Å². The van der Waals surface area contributed by atoms with Crippen LogP contribution in [0.2, 0.25) is 0 Å². The zero-order chi connectivity index (χ0) is 11.4. The molecule has 5 nitrogen and oxygen atoms in total. The Kier molecular flexibility index (Phi) is 3.51. The Labute approximate surface area is 93.5 Å². The van der Waals surface area contributed by atoms with E-state index in [0.29, 0.717) is 25.4 Å². The number of hydrogen-bond acceptors (Lipinski definition) is 4. The molecule has 1 aromatic rings. The normalized spacial score (nSPS) is 15.6. The number of nitrogens with two attached hydrogens (primary N) is 1. The van der Waals surface area contributed by atoms with Gasteiger partial charge in [-0.1, -0.05) is 12.1 Å². The van der Waals surface area contributed by atoms with Gasteiger partial charge in [0.15, 0.2) is 0 Å². The summed E-state index contributed by atoms with van der Waals surface area (Å²) in [6.07, 6.45) is 0.187. The zero-order valence-electron chi connectivity index (χ0n) is 8.81. The number of ether oxygens (including phenoxy) is 2. The lowest BCUT2D eigenvalue weighted by atomic mass is 10.1. The van der Waals surface area contributed by atoms with Crippen LogP contribution in [-0.4, -0.2) is 25.2 Å². The number of nitrogen functional groups attached to an aromatic ring is 1. The molecule has 86 valence electrons. The molecule has 1 heterocycles. The molecule has 16 heavy (non-hydrogen) atoms. The van der Waals surface area contributed by atoms with Crippen molar-refractivity contribution in [3.63, 3.8) is 0 Å². The number of amides is 1. The highest BCUT2D eigenvalue weighted by Gasteiger charge is 2.18. The Morgan fingerprint density at radius 2 is 2.38 bits per heavy atom. The van der Waals surface area contributed by atoms with Crippen molar-refractivity contribution in [2.75, 3.05) is 13.2 Å². The molecule has 0 spiro atoms. The summed E-state index contributed by atoms with van der Waals surface area (Å²) < 4.78 is 10.5. The first-order chi connectivity index (χ1) is 7.79. The van der Waals surface area contributed by atoms with Crippen LogP contribution >= 0.6 is 0 Å². The lowest BCUT2D eigenvalue weighted by Crippen LogP contribution is -2.35. The number of rotatable bonds is 4. The van der Waals surface area contributed by atoms with E-state index in [9.17, 15) is 4.79 Å². The highest BCUT2D eigenvalue weighted by molar-refractivity contribution is 5.93. The van der Waals surface area contributed by atoms with Gasteiger partial charge in [-0.05, 0) is 17.7 Å². The summed E-state index contributed by atoms with van der Waals surface area (Å²) in [6, 6.07) is 7.19. The van der Waals surface area contributed by atoms with Crippen LogP contribution < -0.4 is 11.3 Å². The summed E-state index contributed by atoms with van der Waals surface area (Å²) in [4.78, 5) is 11.3. The van der Waals surface area contributed by atoms with Crippen LogP contribution in [0.25, 0.3) is 0 Å². The smallest absolute Gasteiger partial charge is 0.265 e. The summed E-state index contributed by atoms with van der Waals surface area (Å²) in [6.45, 7) is 1.80. The number of benzene rings is 1. The van der Waals surface area contributed by atoms with Crippen LogP contribution in [0.1, 0.15) is 15.9 Å². The molecule has 2 rings (SSSR count). The van der Waals surface area contributed by atoms with E-state index in [2.05, 4.69) is 5.43 Å². The van der Waals surface area contributed by atoms with Gasteiger partial charge in [-0.25, -0.2) is 5.84 Å².